The van der Waals surface area contributed by atoms with Crippen molar-refractivity contribution in [3.8, 4) is 11.3 Å². The van der Waals surface area contributed by atoms with E-state index in [9.17, 15) is 4.79 Å². The van der Waals surface area contributed by atoms with E-state index >= 15 is 0 Å². The molecule has 3 N–H and O–H groups in total. The summed E-state index contributed by atoms with van der Waals surface area (Å²) in [5.41, 5.74) is 7.17. The van der Waals surface area contributed by atoms with Crippen molar-refractivity contribution < 1.29 is 9.90 Å². The van der Waals surface area contributed by atoms with Crippen LogP contribution in [0.2, 0.25) is 0 Å². The summed E-state index contributed by atoms with van der Waals surface area (Å²) in [6, 6.07) is 2.84. The number of pyridine rings is 1. The molecule has 1 atom stereocenters. The largest absolute Gasteiger partial charge is 0.480 e. The summed E-state index contributed by atoms with van der Waals surface area (Å²) in [7, 11) is 0. The molecule has 2 aromatic rings. The summed E-state index contributed by atoms with van der Waals surface area (Å²) in [4.78, 5) is 19.0. The monoisotopic (exact) mass is 249 g/mol. The number of thiazole rings is 1. The molecule has 2 aromatic heterocycles. The number of rotatable bonds is 4. The van der Waals surface area contributed by atoms with Crippen LogP contribution in [0.1, 0.15) is 5.01 Å². The van der Waals surface area contributed by atoms with E-state index in [-0.39, 0.29) is 6.42 Å². The highest BCUT2D eigenvalue weighted by atomic mass is 32.1. The predicted octanol–water partition coefficient (Wildman–Crippen LogP) is 1.16. The lowest BCUT2D eigenvalue weighted by Gasteiger charge is -2.01. The molecule has 5 nitrogen and oxygen atoms in total. The fourth-order valence-corrected chi connectivity index (χ4v) is 2.19. The number of aromatic nitrogens is 2. The molecule has 0 radical (unpaired) electrons. The number of hydrogen-bond donors (Lipinski definition) is 2. The lowest BCUT2D eigenvalue weighted by molar-refractivity contribution is -0.138. The third-order valence-corrected chi connectivity index (χ3v) is 3.09. The smallest absolute Gasteiger partial charge is 0.320 e. The van der Waals surface area contributed by atoms with Crippen molar-refractivity contribution in [3.63, 3.8) is 0 Å². The zero-order chi connectivity index (χ0) is 12.3. The minimum atomic E-state index is -1.01. The van der Waals surface area contributed by atoms with Gasteiger partial charge in [0, 0.05) is 29.8 Å². The molecular formula is C11H11N3O2S. The van der Waals surface area contributed by atoms with E-state index in [4.69, 9.17) is 10.8 Å². The molecule has 17 heavy (non-hydrogen) atoms. The maximum Gasteiger partial charge on any atom is 0.320 e. The van der Waals surface area contributed by atoms with E-state index in [2.05, 4.69) is 9.97 Å². The number of carboxylic acid groups (broad SMARTS) is 1. The molecule has 2 rings (SSSR count). The molecule has 0 saturated carbocycles. The van der Waals surface area contributed by atoms with Crippen LogP contribution in [-0.2, 0) is 11.2 Å². The highest BCUT2D eigenvalue weighted by Gasteiger charge is 2.14. The molecule has 0 amide bonds. The van der Waals surface area contributed by atoms with Gasteiger partial charge in [0.15, 0.2) is 0 Å². The number of aliphatic carboxylic acids is 1. The summed E-state index contributed by atoms with van der Waals surface area (Å²) >= 11 is 1.41. The van der Waals surface area contributed by atoms with E-state index in [0.717, 1.165) is 16.3 Å². The molecule has 0 bridgehead atoms. The van der Waals surface area contributed by atoms with Crippen LogP contribution in [0.4, 0.5) is 0 Å². The molecule has 2 heterocycles. The van der Waals surface area contributed by atoms with Gasteiger partial charge in [-0.2, -0.15) is 0 Å². The molecule has 0 fully saturated rings. The first-order valence-electron chi connectivity index (χ1n) is 5.00. The van der Waals surface area contributed by atoms with Gasteiger partial charge in [-0.25, -0.2) is 4.98 Å². The summed E-state index contributed by atoms with van der Waals surface area (Å²) in [5, 5.41) is 11.3. The Hall–Kier alpha value is -1.79. The van der Waals surface area contributed by atoms with Crippen molar-refractivity contribution in [2.45, 2.75) is 12.5 Å². The third-order valence-electron chi connectivity index (χ3n) is 2.22. The van der Waals surface area contributed by atoms with E-state index in [0.29, 0.717) is 0 Å². The lowest BCUT2D eigenvalue weighted by atomic mass is 10.2. The first-order chi connectivity index (χ1) is 8.16. The van der Waals surface area contributed by atoms with E-state index in [1.165, 1.54) is 11.3 Å². The Morgan fingerprint density at radius 1 is 1.59 bits per heavy atom. The molecule has 0 aromatic carbocycles. The van der Waals surface area contributed by atoms with E-state index < -0.39 is 12.0 Å². The van der Waals surface area contributed by atoms with E-state index in [1.807, 2.05) is 17.5 Å². The molecule has 0 aliphatic heterocycles. The zero-order valence-corrected chi connectivity index (χ0v) is 9.72. The Labute approximate surface area is 102 Å². The Bertz CT molecular complexity index is 512. The predicted molar refractivity (Wildman–Crippen MR) is 64.7 cm³/mol. The van der Waals surface area contributed by atoms with Crippen molar-refractivity contribution in [3.05, 3.63) is 34.9 Å². The van der Waals surface area contributed by atoms with Gasteiger partial charge < -0.3 is 10.8 Å². The van der Waals surface area contributed by atoms with Crippen LogP contribution in [0.15, 0.2) is 29.9 Å². The molecule has 1 unspecified atom stereocenters. The molecule has 6 heteroatoms. The van der Waals surface area contributed by atoms with Gasteiger partial charge in [0.1, 0.15) is 6.04 Å². The SMILES string of the molecule is NC(Cc1nc(-c2cccnc2)cs1)C(=O)O. The first-order valence-corrected chi connectivity index (χ1v) is 5.88. The molecular weight excluding hydrogens is 238 g/mol. The third kappa shape index (κ3) is 2.86. The van der Waals surface area contributed by atoms with Gasteiger partial charge in [-0.3, -0.25) is 9.78 Å². The van der Waals surface area contributed by atoms with Crippen molar-refractivity contribution in [2.24, 2.45) is 5.73 Å². The zero-order valence-electron chi connectivity index (χ0n) is 8.91. The van der Waals surface area contributed by atoms with Crippen LogP contribution in [0.3, 0.4) is 0 Å². The summed E-state index contributed by atoms with van der Waals surface area (Å²) in [6.45, 7) is 0. The standard InChI is InChI=1S/C11H11N3O2S/c12-8(11(15)16)4-10-14-9(6-17-10)7-2-1-3-13-5-7/h1-3,5-6,8H,4,12H2,(H,15,16). The Kier molecular flexibility index (Phi) is 3.46. The van der Waals surface area contributed by atoms with Gasteiger partial charge in [-0.15, -0.1) is 11.3 Å². The highest BCUT2D eigenvalue weighted by Crippen LogP contribution is 2.21. The average Bonchev–Trinajstić information content (AvgIpc) is 2.78. The van der Waals surface area contributed by atoms with Crippen LogP contribution in [0, 0.1) is 0 Å². The minimum Gasteiger partial charge on any atom is -0.480 e. The van der Waals surface area contributed by atoms with Gasteiger partial charge in [0.25, 0.3) is 0 Å². The number of nitrogens with zero attached hydrogens (tertiary/aromatic N) is 2. The number of carboxylic acids is 1. The quantitative estimate of drug-likeness (QED) is 0.848. The van der Waals surface area contributed by atoms with Crippen LogP contribution >= 0.6 is 11.3 Å². The van der Waals surface area contributed by atoms with Crippen LogP contribution in [0.5, 0.6) is 0 Å². The summed E-state index contributed by atoms with van der Waals surface area (Å²) < 4.78 is 0. The fraction of sp³-hybridized carbons (Fsp3) is 0.182. The lowest BCUT2D eigenvalue weighted by Crippen LogP contribution is -2.32. The molecule has 0 aliphatic rings. The van der Waals surface area contributed by atoms with Crippen molar-refractivity contribution in [1.82, 2.24) is 9.97 Å². The van der Waals surface area contributed by atoms with Crippen molar-refractivity contribution >= 4 is 17.3 Å². The maximum absolute atomic E-state index is 10.6. The van der Waals surface area contributed by atoms with E-state index in [1.54, 1.807) is 12.4 Å². The summed E-state index contributed by atoms with van der Waals surface area (Å²) in [6.07, 6.45) is 3.66. The van der Waals surface area contributed by atoms with Crippen LogP contribution in [0.25, 0.3) is 11.3 Å². The molecule has 88 valence electrons. The van der Waals surface area contributed by atoms with Gasteiger partial charge in [-0.05, 0) is 12.1 Å². The van der Waals surface area contributed by atoms with Gasteiger partial charge in [-0.1, -0.05) is 0 Å². The second-order valence-corrected chi connectivity index (χ2v) is 4.46. The number of hydrogen-bond acceptors (Lipinski definition) is 5. The second-order valence-electron chi connectivity index (χ2n) is 3.52. The average molecular weight is 249 g/mol. The second kappa shape index (κ2) is 5.03. The Balaban J connectivity index is 2.14. The maximum atomic E-state index is 10.6. The van der Waals surface area contributed by atoms with Crippen LogP contribution in [-0.4, -0.2) is 27.1 Å². The number of nitrogens with two attached hydrogens (primary N) is 1. The fourth-order valence-electron chi connectivity index (χ4n) is 1.33. The molecule has 0 spiro atoms. The van der Waals surface area contributed by atoms with Crippen molar-refractivity contribution in [2.75, 3.05) is 0 Å². The Morgan fingerprint density at radius 2 is 2.41 bits per heavy atom. The Morgan fingerprint density at radius 3 is 3.06 bits per heavy atom. The van der Waals surface area contributed by atoms with Crippen LogP contribution < -0.4 is 5.73 Å². The number of carbonyl (C=O) groups is 1. The first kappa shape index (κ1) is 11.7. The normalized spacial score (nSPS) is 12.3. The van der Waals surface area contributed by atoms with Gasteiger partial charge >= 0.3 is 5.97 Å². The highest BCUT2D eigenvalue weighted by molar-refractivity contribution is 7.10. The topological polar surface area (TPSA) is 89.1 Å². The molecule has 0 saturated heterocycles. The van der Waals surface area contributed by atoms with Crippen molar-refractivity contribution in [1.29, 1.82) is 0 Å². The van der Waals surface area contributed by atoms with Gasteiger partial charge in [0.2, 0.25) is 0 Å². The summed E-state index contributed by atoms with van der Waals surface area (Å²) in [5.74, 6) is -1.01. The molecule has 0 aliphatic carbocycles. The van der Waals surface area contributed by atoms with Gasteiger partial charge in [0.05, 0.1) is 10.7 Å². The minimum absolute atomic E-state index is 0.250.